The Kier molecular flexibility index (Phi) is 3.53. The summed E-state index contributed by atoms with van der Waals surface area (Å²) < 4.78 is 0. The van der Waals surface area contributed by atoms with Gasteiger partial charge < -0.3 is 4.90 Å². The summed E-state index contributed by atoms with van der Waals surface area (Å²) in [5.41, 5.74) is 2.21. The maximum absolute atomic E-state index is 6.02. The first-order valence-electron chi connectivity index (χ1n) is 5.79. The molecular formula is C14H17ClN2. The van der Waals surface area contributed by atoms with Crippen molar-refractivity contribution in [1.29, 1.82) is 0 Å². The first-order chi connectivity index (χ1) is 8.08. The monoisotopic (exact) mass is 248 g/mol. The molecule has 0 radical (unpaired) electrons. The highest BCUT2D eigenvalue weighted by atomic mass is 35.5. The Balaban J connectivity index is 2.43. The lowest BCUT2D eigenvalue weighted by Gasteiger charge is -2.21. The lowest BCUT2D eigenvalue weighted by atomic mass is 10.1. The fourth-order valence-corrected chi connectivity index (χ4v) is 2.27. The number of aryl methyl sites for hydroxylation is 1. The fourth-order valence-electron chi connectivity index (χ4n) is 2.06. The quantitative estimate of drug-likeness (QED) is 0.772. The van der Waals surface area contributed by atoms with Crippen LogP contribution >= 0.6 is 11.6 Å². The number of anilines is 1. The fraction of sp³-hybridized carbons (Fsp3) is 0.357. The highest BCUT2D eigenvalue weighted by Crippen LogP contribution is 2.22. The van der Waals surface area contributed by atoms with Crippen LogP contribution in [-0.4, -0.2) is 24.0 Å². The number of pyridine rings is 1. The molecular weight excluding hydrogens is 232 g/mol. The van der Waals surface area contributed by atoms with Crippen molar-refractivity contribution in [3.63, 3.8) is 0 Å². The summed E-state index contributed by atoms with van der Waals surface area (Å²) in [7, 11) is 2.03. The van der Waals surface area contributed by atoms with Gasteiger partial charge in [-0.2, -0.15) is 0 Å². The zero-order chi connectivity index (χ0) is 12.4. The van der Waals surface area contributed by atoms with Gasteiger partial charge >= 0.3 is 0 Å². The molecule has 0 amide bonds. The molecule has 0 aliphatic rings. The van der Waals surface area contributed by atoms with Crippen molar-refractivity contribution in [3.05, 3.63) is 35.9 Å². The SMILES string of the molecule is Cc1cc2ccccc2nc1N(C)CC(C)Cl. The number of hydrogen-bond donors (Lipinski definition) is 0. The Morgan fingerprint density at radius 2 is 2.06 bits per heavy atom. The Labute approximate surface area is 107 Å². The summed E-state index contributed by atoms with van der Waals surface area (Å²) in [5, 5.41) is 1.30. The van der Waals surface area contributed by atoms with Crippen molar-refractivity contribution in [1.82, 2.24) is 4.98 Å². The van der Waals surface area contributed by atoms with Crippen LogP contribution in [0.5, 0.6) is 0 Å². The third-order valence-electron chi connectivity index (χ3n) is 2.77. The number of alkyl halides is 1. The van der Waals surface area contributed by atoms with Gasteiger partial charge in [0, 0.05) is 24.4 Å². The average molecular weight is 249 g/mol. The molecule has 0 spiro atoms. The zero-order valence-corrected chi connectivity index (χ0v) is 11.2. The van der Waals surface area contributed by atoms with E-state index in [2.05, 4.69) is 24.0 Å². The van der Waals surface area contributed by atoms with E-state index in [4.69, 9.17) is 16.6 Å². The van der Waals surface area contributed by atoms with Crippen LogP contribution in [0.1, 0.15) is 12.5 Å². The van der Waals surface area contributed by atoms with Crippen LogP contribution < -0.4 is 4.90 Å². The van der Waals surface area contributed by atoms with E-state index in [0.717, 1.165) is 17.9 Å². The molecule has 90 valence electrons. The van der Waals surface area contributed by atoms with Gasteiger partial charge in [0.25, 0.3) is 0 Å². The molecule has 0 aliphatic heterocycles. The van der Waals surface area contributed by atoms with Gasteiger partial charge in [0.05, 0.1) is 5.52 Å². The van der Waals surface area contributed by atoms with Crippen LogP contribution in [0, 0.1) is 6.92 Å². The molecule has 1 unspecified atom stereocenters. The first kappa shape index (κ1) is 12.2. The second kappa shape index (κ2) is 4.92. The number of benzene rings is 1. The summed E-state index contributed by atoms with van der Waals surface area (Å²) in [4.78, 5) is 6.81. The van der Waals surface area contributed by atoms with E-state index in [9.17, 15) is 0 Å². The van der Waals surface area contributed by atoms with E-state index < -0.39 is 0 Å². The number of fused-ring (bicyclic) bond motifs is 1. The summed E-state index contributed by atoms with van der Waals surface area (Å²) in [6.07, 6.45) is 0. The summed E-state index contributed by atoms with van der Waals surface area (Å²) in [6, 6.07) is 10.3. The summed E-state index contributed by atoms with van der Waals surface area (Å²) >= 11 is 6.02. The first-order valence-corrected chi connectivity index (χ1v) is 6.23. The van der Waals surface area contributed by atoms with E-state index in [1.807, 2.05) is 32.2 Å². The molecule has 0 bridgehead atoms. The minimum absolute atomic E-state index is 0.118. The molecule has 2 rings (SSSR count). The van der Waals surface area contributed by atoms with Crippen LogP contribution in [0.25, 0.3) is 10.9 Å². The van der Waals surface area contributed by atoms with E-state index in [1.165, 1.54) is 10.9 Å². The molecule has 0 N–H and O–H groups in total. The van der Waals surface area contributed by atoms with Crippen molar-refractivity contribution < 1.29 is 0 Å². The van der Waals surface area contributed by atoms with Crippen LogP contribution in [0.2, 0.25) is 0 Å². The minimum Gasteiger partial charge on any atom is -0.358 e. The Hall–Kier alpha value is -1.28. The van der Waals surface area contributed by atoms with Crippen molar-refractivity contribution in [2.45, 2.75) is 19.2 Å². The highest BCUT2D eigenvalue weighted by Gasteiger charge is 2.10. The van der Waals surface area contributed by atoms with Crippen molar-refractivity contribution in [2.24, 2.45) is 0 Å². The molecule has 1 atom stereocenters. The molecule has 1 aromatic heterocycles. The third-order valence-corrected chi connectivity index (χ3v) is 2.91. The Morgan fingerprint density at radius 3 is 2.76 bits per heavy atom. The molecule has 1 heterocycles. The van der Waals surface area contributed by atoms with Crippen molar-refractivity contribution in [2.75, 3.05) is 18.5 Å². The molecule has 3 heteroatoms. The number of rotatable bonds is 3. The van der Waals surface area contributed by atoms with Gasteiger partial charge in [-0.1, -0.05) is 18.2 Å². The van der Waals surface area contributed by atoms with Crippen LogP contribution in [0.15, 0.2) is 30.3 Å². The van der Waals surface area contributed by atoms with Crippen molar-refractivity contribution in [3.8, 4) is 0 Å². The number of hydrogen-bond acceptors (Lipinski definition) is 2. The number of aromatic nitrogens is 1. The van der Waals surface area contributed by atoms with E-state index in [1.54, 1.807) is 0 Å². The standard InChI is InChI=1S/C14H17ClN2/c1-10-8-12-6-4-5-7-13(12)16-14(10)17(3)9-11(2)15/h4-8,11H,9H2,1-3H3. The second-order valence-corrected chi connectivity index (χ2v) is 5.23. The predicted octanol–water partition coefficient (Wildman–Crippen LogP) is 3.61. The molecule has 2 nitrogen and oxygen atoms in total. The van der Waals surface area contributed by atoms with E-state index >= 15 is 0 Å². The van der Waals surface area contributed by atoms with E-state index in [0.29, 0.717) is 0 Å². The molecule has 0 saturated heterocycles. The molecule has 0 saturated carbocycles. The largest absolute Gasteiger partial charge is 0.358 e. The van der Waals surface area contributed by atoms with Gasteiger partial charge in [0.1, 0.15) is 5.82 Å². The van der Waals surface area contributed by atoms with Gasteiger partial charge in [0.2, 0.25) is 0 Å². The maximum Gasteiger partial charge on any atom is 0.131 e. The van der Waals surface area contributed by atoms with Gasteiger partial charge in [-0.15, -0.1) is 11.6 Å². The second-order valence-electron chi connectivity index (χ2n) is 4.48. The predicted molar refractivity (Wildman–Crippen MR) is 75.1 cm³/mol. The molecule has 0 aliphatic carbocycles. The summed E-state index contributed by atoms with van der Waals surface area (Å²) in [5.74, 6) is 1.01. The normalized spacial score (nSPS) is 12.7. The van der Waals surface area contributed by atoms with Crippen LogP contribution in [0.3, 0.4) is 0 Å². The van der Waals surface area contributed by atoms with Gasteiger partial charge in [-0.25, -0.2) is 4.98 Å². The topological polar surface area (TPSA) is 16.1 Å². The van der Waals surface area contributed by atoms with Gasteiger partial charge in [-0.3, -0.25) is 0 Å². The molecule has 17 heavy (non-hydrogen) atoms. The smallest absolute Gasteiger partial charge is 0.131 e. The van der Waals surface area contributed by atoms with Gasteiger partial charge in [0.15, 0.2) is 0 Å². The lowest BCUT2D eigenvalue weighted by molar-refractivity contribution is 0.843. The van der Waals surface area contributed by atoms with Crippen LogP contribution in [-0.2, 0) is 0 Å². The minimum atomic E-state index is 0.118. The maximum atomic E-state index is 6.02. The zero-order valence-electron chi connectivity index (χ0n) is 10.4. The molecule has 0 fully saturated rings. The Morgan fingerprint density at radius 1 is 1.35 bits per heavy atom. The van der Waals surface area contributed by atoms with E-state index in [-0.39, 0.29) is 5.38 Å². The van der Waals surface area contributed by atoms with Gasteiger partial charge in [-0.05, 0) is 31.5 Å². The molecule has 1 aromatic carbocycles. The number of para-hydroxylation sites is 1. The Bertz CT molecular complexity index is 523. The number of nitrogens with zero attached hydrogens (tertiary/aromatic N) is 2. The summed E-state index contributed by atoms with van der Waals surface area (Å²) in [6.45, 7) is 4.88. The lowest BCUT2D eigenvalue weighted by Crippen LogP contribution is -2.25. The molecule has 2 aromatic rings. The third kappa shape index (κ3) is 2.70. The van der Waals surface area contributed by atoms with Crippen molar-refractivity contribution >= 4 is 28.3 Å². The highest BCUT2D eigenvalue weighted by molar-refractivity contribution is 6.20. The number of halogens is 1. The van der Waals surface area contributed by atoms with Crippen LogP contribution in [0.4, 0.5) is 5.82 Å². The average Bonchev–Trinajstić information content (AvgIpc) is 2.27.